The van der Waals surface area contributed by atoms with Crippen molar-refractivity contribution in [3.05, 3.63) is 70.4 Å². The number of benzene rings is 2. The van der Waals surface area contributed by atoms with Gasteiger partial charge in [-0.1, -0.05) is 30.3 Å². The molecule has 1 N–H and O–H groups in total. The number of hydrogen-bond acceptors (Lipinski definition) is 4. The second-order valence-corrected chi connectivity index (χ2v) is 10.5. The number of aryl methyl sites for hydroxylation is 3. The summed E-state index contributed by atoms with van der Waals surface area (Å²) < 4.78 is 12.0. The highest BCUT2D eigenvalue weighted by Gasteiger charge is 2.34. The van der Waals surface area contributed by atoms with Gasteiger partial charge in [0.2, 0.25) is 0 Å². The van der Waals surface area contributed by atoms with Crippen molar-refractivity contribution in [2.24, 2.45) is 0 Å². The first-order valence-corrected chi connectivity index (χ1v) is 12.5. The summed E-state index contributed by atoms with van der Waals surface area (Å²) in [6.45, 7) is 8.32. The summed E-state index contributed by atoms with van der Waals surface area (Å²) in [5.74, 6) is -0.0779. The van der Waals surface area contributed by atoms with Crippen molar-refractivity contribution in [2.75, 3.05) is 6.61 Å². The molecule has 0 saturated heterocycles. The van der Waals surface area contributed by atoms with Crippen LogP contribution in [0.5, 0.6) is 5.75 Å². The quantitative estimate of drug-likeness (QED) is 0.472. The summed E-state index contributed by atoms with van der Waals surface area (Å²) in [6, 6.07) is 14.7. The number of nitrogens with zero attached hydrogens (tertiary/aromatic N) is 1. The van der Waals surface area contributed by atoms with E-state index >= 15 is 0 Å². The van der Waals surface area contributed by atoms with Gasteiger partial charge in [0.25, 0.3) is 0 Å². The summed E-state index contributed by atoms with van der Waals surface area (Å²) in [4.78, 5) is 17.7. The minimum absolute atomic E-state index is 0.629. The Morgan fingerprint density at radius 3 is 2.60 bits per heavy atom. The van der Waals surface area contributed by atoms with Gasteiger partial charge in [0.15, 0.2) is 6.10 Å². The van der Waals surface area contributed by atoms with Crippen LogP contribution in [0.25, 0.3) is 22.4 Å². The van der Waals surface area contributed by atoms with Crippen molar-refractivity contribution >= 4 is 5.97 Å². The third kappa shape index (κ3) is 4.57. The van der Waals surface area contributed by atoms with Gasteiger partial charge >= 0.3 is 5.97 Å². The Kier molecular flexibility index (Phi) is 6.14. The van der Waals surface area contributed by atoms with Gasteiger partial charge in [-0.3, -0.25) is 4.98 Å². The Bertz CT molecular complexity index is 1290. The zero-order valence-electron chi connectivity index (χ0n) is 21.0. The van der Waals surface area contributed by atoms with E-state index < -0.39 is 17.7 Å². The second-order valence-electron chi connectivity index (χ2n) is 10.5. The Hall–Kier alpha value is -3.18. The van der Waals surface area contributed by atoms with Crippen LogP contribution in [-0.2, 0) is 28.8 Å². The van der Waals surface area contributed by atoms with Crippen LogP contribution >= 0.6 is 0 Å². The molecule has 35 heavy (non-hydrogen) atoms. The summed E-state index contributed by atoms with van der Waals surface area (Å²) in [6.07, 6.45) is 3.60. The molecule has 0 saturated carbocycles. The molecule has 0 bridgehead atoms. The minimum Gasteiger partial charge on any atom is -0.493 e. The first kappa shape index (κ1) is 23.6. The fraction of sp³-hybridized carbons (Fsp3) is 0.400. The molecule has 1 aliphatic carbocycles. The Morgan fingerprint density at radius 1 is 1.06 bits per heavy atom. The number of hydrogen-bond donors (Lipinski definition) is 1. The smallest absolute Gasteiger partial charge is 0.337 e. The molecule has 0 unspecified atom stereocenters. The van der Waals surface area contributed by atoms with Gasteiger partial charge in [-0.2, -0.15) is 0 Å². The van der Waals surface area contributed by atoms with Crippen molar-refractivity contribution < 1.29 is 19.4 Å². The molecular formula is C30H33NO4. The van der Waals surface area contributed by atoms with Crippen LogP contribution in [-0.4, -0.2) is 28.3 Å². The predicted molar refractivity (Wildman–Crippen MR) is 137 cm³/mol. The van der Waals surface area contributed by atoms with E-state index in [4.69, 9.17) is 14.5 Å². The van der Waals surface area contributed by atoms with Gasteiger partial charge in [0, 0.05) is 16.8 Å². The molecule has 1 aromatic heterocycles. The highest BCUT2D eigenvalue weighted by Crippen LogP contribution is 2.44. The zero-order valence-corrected chi connectivity index (χ0v) is 21.0. The molecule has 2 aromatic carbocycles. The molecule has 0 fully saturated rings. The monoisotopic (exact) mass is 471 g/mol. The van der Waals surface area contributed by atoms with E-state index in [0.717, 1.165) is 72.4 Å². The summed E-state index contributed by atoms with van der Waals surface area (Å²) in [7, 11) is 0. The topological polar surface area (TPSA) is 68.7 Å². The molecule has 0 radical (unpaired) electrons. The van der Waals surface area contributed by atoms with E-state index in [9.17, 15) is 9.90 Å². The number of rotatable bonds is 4. The molecule has 1 aliphatic heterocycles. The molecule has 0 spiro atoms. The van der Waals surface area contributed by atoms with E-state index in [1.165, 1.54) is 11.1 Å². The molecule has 5 heteroatoms. The maximum atomic E-state index is 12.6. The molecule has 3 aromatic rings. The zero-order chi connectivity index (χ0) is 24.7. The van der Waals surface area contributed by atoms with Gasteiger partial charge in [-0.05, 0) is 99.7 Å². The molecular weight excluding hydrogens is 438 g/mol. The maximum absolute atomic E-state index is 12.6. The molecule has 2 heterocycles. The lowest BCUT2D eigenvalue weighted by atomic mass is 9.86. The van der Waals surface area contributed by atoms with E-state index in [0.29, 0.717) is 11.3 Å². The fourth-order valence-electron chi connectivity index (χ4n) is 5.40. The van der Waals surface area contributed by atoms with Crippen LogP contribution in [0.2, 0.25) is 0 Å². The predicted octanol–water partition coefficient (Wildman–Crippen LogP) is 6.48. The van der Waals surface area contributed by atoms with Crippen LogP contribution in [0, 0.1) is 6.92 Å². The van der Waals surface area contributed by atoms with Crippen LogP contribution in [0.1, 0.15) is 67.7 Å². The number of carboxylic acids is 1. The molecule has 1 atom stereocenters. The standard InChI is InChI=1S/C30H33NO4/c1-18-25(28(29(32)33)35-30(2,3)4)26(21-14-15-24-20(17-21)11-8-16-34-24)23-13-7-10-19-9-5-6-12-22(19)27(23)31-18/h5-6,9,12,14-15,17,28H,7-8,10-11,13,16H2,1-4H3,(H,32,33)/t28-/m0/s1. The Balaban J connectivity index is 1.82. The van der Waals surface area contributed by atoms with Crippen LogP contribution in [0.4, 0.5) is 0 Å². The van der Waals surface area contributed by atoms with E-state index in [2.05, 4.69) is 36.4 Å². The maximum Gasteiger partial charge on any atom is 0.337 e. The fourth-order valence-corrected chi connectivity index (χ4v) is 5.40. The first-order chi connectivity index (χ1) is 16.7. The van der Waals surface area contributed by atoms with Crippen LogP contribution in [0.15, 0.2) is 42.5 Å². The van der Waals surface area contributed by atoms with Crippen molar-refractivity contribution in [2.45, 2.75) is 71.5 Å². The molecule has 182 valence electrons. The minimum atomic E-state index is -1.12. The summed E-state index contributed by atoms with van der Waals surface area (Å²) in [5, 5.41) is 10.3. The number of carboxylic acid groups (broad SMARTS) is 1. The van der Waals surface area contributed by atoms with E-state index in [-0.39, 0.29) is 0 Å². The Morgan fingerprint density at radius 2 is 1.83 bits per heavy atom. The number of pyridine rings is 1. The van der Waals surface area contributed by atoms with Crippen molar-refractivity contribution in [3.8, 4) is 28.1 Å². The number of aliphatic carboxylic acids is 1. The molecule has 5 nitrogen and oxygen atoms in total. The first-order valence-electron chi connectivity index (χ1n) is 12.5. The lowest BCUT2D eigenvalue weighted by Crippen LogP contribution is -2.29. The third-order valence-electron chi connectivity index (χ3n) is 6.83. The largest absolute Gasteiger partial charge is 0.493 e. The molecule has 0 amide bonds. The number of aromatic nitrogens is 1. The Labute approximate surface area is 207 Å². The lowest BCUT2D eigenvalue weighted by molar-refractivity contribution is -0.160. The highest BCUT2D eigenvalue weighted by atomic mass is 16.5. The van der Waals surface area contributed by atoms with Gasteiger partial charge < -0.3 is 14.6 Å². The summed E-state index contributed by atoms with van der Waals surface area (Å²) in [5.41, 5.74) is 8.35. The van der Waals surface area contributed by atoms with Crippen LogP contribution < -0.4 is 4.74 Å². The lowest BCUT2D eigenvalue weighted by Gasteiger charge is -2.29. The molecule has 5 rings (SSSR count). The third-order valence-corrected chi connectivity index (χ3v) is 6.83. The second kappa shape index (κ2) is 9.12. The van der Waals surface area contributed by atoms with Gasteiger partial charge in [-0.25, -0.2) is 4.79 Å². The normalized spacial score (nSPS) is 15.8. The molecule has 2 aliphatic rings. The number of ether oxygens (including phenoxy) is 2. The van der Waals surface area contributed by atoms with E-state index in [1.807, 2.05) is 33.8 Å². The van der Waals surface area contributed by atoms with E-state index in [1.54, 1.807) is 0 Å². The SMILES string of the molecule is Cc1nc2c(c(-c3ccc4c(c3)CCCO4)c1[C@H](OC(C)(C)C)C(=O)O)CCCc1ccccc1-2. The van der Waals surface area contributed by atoms with Gasteiger partial charge in [0.05, 0.1) is 17.9 Å². The van der Waals surface area contributed by atoms with Gasteiger partial charge in [-0.15, -0.1) is 0 Å². The highest BCUT2D eigenvalue weighted by molar-refractivity contribution is 5.86. The van der Waals surface area contributed by atoms with Crippen molar-refractivity contribution in [1.29, 1.82) is 0 Å². The number of fused-ring (bicyclic) bond motifs is 4. The van der Waals surface area contributed by atoms with Crippen LogP contribution in [0.3, 0.4) is 0 Å². The average Bonchev–Trinajstić information content (AvgIpc) is 3.00. The van der Waals surface area contributed by atoms with Crippen molar-refractivity contribution in [3.63, 3.8) is 0 Å². The van der Waals surface area contributed by atoms with Gasteiger partial charge in [0.1, 0.15) is 5.75 Å². The van der Waals surface area contributed by atoms with Crippen molar-refractivity contribution in [1.82, 2.24) is 4.98 Å². The number of carbonyl (C=O) groups is 1. The summed E-state index contributed by atoms with van der Waals surface area (Å²) >= 11 is 0. The average molecular weight is 472 g/mol.